The number of ether oxygens (including phenoxy) is 2. The topological polar surface area (TPSA) is 72.8 Å². The Morgan fingerprint density at radius 3 is 2.47 bits per heavy atom. The number of aliphatic hydroxyl groups is 1. The van der Waals surface area contributed by atoms with Gasteiger partial charge in [0.05, 0.1) is 13.0 Å². The highest BCUT2D eigenvalue weighted by Gasteiger charge is 2.34. The number of aliphatic hydroxyl groups excluding tert-OH is 1. The Hall–Kier alpha value is -0.940. The van der Waals surface area contributed by atoms with Crippen LogP contribution in [0, 0.1) is 11.8 Å². The van der Waals surface area contributed by atoms with Crippen LogP contribution in [0.5, 0.6) is 0 Å². The van der Waals surface area contributed by atoms with Crippen LogP contribution in [-0.4, -0.2) is 43.8 Å². The van der Waals surface area contributed by atoms with E-state index in [1.54, 1.807) is 0 Å². The number of hydrogen-bond acceptors (Lipinski definition) is 5. The molecule has 2 atom stereocenters. The molecule has 15 heavy (non-hydrogen) atoms. The van der Waals surface area contributed by atoms with E-state index in [4.69, 9.17) is 9.84 Å². The van der Waals surface area contributed by atoms with E-state index < -0.39 is 24.4 Å². The zero-order valence-electron chi connectivity index (χ0n) is 8.77. The lowest BCUT2D eigenvalue weighted by Crippen LogP contribution is -2.32. The van der Waals surface area contributed by atoms with Gasteiger partial charge in [0.15, 0.2) is 5.78 Å². The van der Waals surface area contributed by atoms with Crippen LogP contribution in [0.4, 0.5) is 0 Å². The largest absolute Gasteiger partial charge is 0.469 e. The van der Waals surface area contributed by atoms with Crippen LogP contribution < -0.4 is 0 Å². The summed E-state index contributed by atoms with van der Waals surface area (Å²) in [4.78, 5) is 22.9. The molecule has 0 amide bonds. The van der Waals surface area contributed by atoms with Crippen molar-refractivity contribution in [3.63, 3.8) is 0 Å². The lowest BCUT2D eigenvalue weighted by molar-refractivity contribution is -0.150. The number of Topliss-reactive ketones (excluding diaryl/α,β-unsaturated/α-hetero) is 1. The Kier molecular flexibility index (Phi) is 4.71. The SMILES string of the molecule is COC(=O)C1CCOCCC1C(=O)CO. The van der Waals surface area contributed by atoms with Crippen molar-refractivity contribution in [3.8, 4) is 0 Å². The van der Waals surface area contributed by atoms with Crippen LogP contribution >= 0.6 is 0 Å². The molecule has 0 aromatic heterocycles. The average Bonchev–Trinajstić information content (AvgIpc) is 2.52. The van der Waals surface area contributed by atoms with Gasteiger partial charge in [-0.15, -0.1) is 0 Å². The van der Waals surface area contributed by atoms with Gasteiger partial charge in [0.2, 0.25) is 0 Å². The molecule has 0 aromatic rings. The fraction of sp³-hybridized carbons (Fsp3) is 0.800. The molecule has 0 bridgehead atoms. The molecule has 86 valence electrons. The van der Waals surface area contributed by atoms with Crippen LogP contribution in [0.1, 0.15) is 12.8 Å². The van der Waals surface area contributed by atoms with Crippen molar-refractivity contribution in [3.05, 3.63) is 0 Å². The van der Waals surface area contributed by atoms with E-state index in [0.29, 0.717) is 26.1 Å². The van der Waals surface area contributed by atoms with Crippen molar-refractivity contribution in [2.45, 2.75) is 12.8 Å². The van der Waals surface area contributed by atoms with Crippen LogP contribution in [0.15, 0.2) is 0 Å². The predicted molar refractivity (Wildman–Crippen MR) is 51.1 cm³/mol. The molecule has 1 aliphatic rings. The highest BCUT2D eigenvalue weighted by atomic mass is 16.5. The maximum atomic E-state index is 11.4. The van der Waals surface area contributed by atoms with E-state index in [0.717, 1.165) is 0 Å². The summed E-state index contributed by atoms with van der Waals surface area (Å²) in [6.07, 6.45) is 0.947. The number of carbonyl (C=O) groups is 2. The lowest BCUT2D eigenvalue weighted by atomic mass is 9.85. The Morgan fingerprint density at radius 2 is 1.93 bits per heavy atom. The smallest absolute Gasteiger partial charge is 0.309 e. The van der Waals surface area contributed by atoms with Gasteiger partial charge in [0.25, 0.3) is 0 Å². The summed E-state index contributed by atoms with van der Waals surface area (Å²) in [6, 6.07) is 0. The van der Waals surface area contributed by atoms with E-state index >= 15 is 0 Å². The molecular weight excluding hydrogens is 200 g/mol. The molecular formula is C10H16O5. The fourth-order valence-corrected chi connectivity index (χ4v) is 1.86. The standard InChI is InChI=1S/C10H16O5/c1-14-10(13)8-3-5-15-4-2-7(8)9(12)6-11/h7-8,11H,2-6H2,1H3. The number of methoxy groups -OCH3 is 1. The molecule has 1 rings (SSSR count). The summed E-state index contributed by atoms with van der Waals surface area (Å²) >= 11 is 0. The van der Waals surface area contributed by atoms with Crippen LogP contribution in [0.25, 0.3) is 0 Å². The first kappa shape index (κ1) is 12.1. The summed E-state index contributed by atoms with van der Waals surface area (Å²) < 4.78 is 9.84. The molecule has 1 N–H and O–H groups in total. The number of hydrogen-bond donors (Lipinski definition) is 1. The van der Waals surface area contributed by atoms with E-state index in [1.165, 1.54) is 7.11 Å². The van der Waals surface area contributed by atoms with Gasteiger partial charge < -0.3 is 14.6 Å². The second kappa shape index (κ2) is 5.82. The summed E-state index contributed by atoms with van der Waals surface area (Å²) in [5, 5.41) is 8.81. The molecule has 2 unspecified atom stereocenters. The number of rotatable bonds is 3. The van der Waals surface area contributed by atoms with E-state index in [-0.39, 0.29) is 5.78 Å². The van der Waals surface area contributed by atoms with Crippen molar-refractivity contribution in [2.24, 2.45) is 11.8 Å². The molecule has 0 saturated carbocycles. The Labute approximate surface area is 88.4 Å². The fourth-order valence-electron chi connectivity index (χ4n) is 1.86. The second-order valence-corrected chi connectivity index (χ2v) is 3.55. The van der Waals surface area contributed by atoms with Gasteiger partial charge in [-0.05, 0) is 12.8 Å². The third-order valence-corrected chi connectivity index (χ3v) is 2.71. The summed E-state index contributed by atoms with van der Waals surface area (Å²) in [5.74, 6) is -1.65. The van der Waals surface area contributed by atoms with Gasteiger partial charge in [0.1, 0.15) is 6.61 Å². The minimum atomic E-state index is -0.530. The normalized spacial score (nSPS) is 26.8. The van der Waals surface area contributed by atoms with Gasteiger partial charge in [-0.1, -0.05) is 0 Å². The van der Waals surface area contributed by atoms with Crippen molar-refractivity contribution < 1.29 is 24.2 Å². The Morgan fingerprint density at radius 1 is 1.33 bits per heavy atom. The monoisotopic (exact) mass is 216 g/mol. The Bertz CT molecular complexity index is 214. The summed E-state index contributed by atoms with van der Waals surface area (Å²) in [6.45, 7) is 0.372. The highest BCUT2D eigenvalue weighted by Crippen LogP contribution is 2.25. The van der Waals surface area contributed by atoms with E-state index in [1.807, 2.05) is 0 Å². The first-order valence-electron chi connectivity index (χ1n) is 4.99. The third-order valence-electron chi connectivity index (χ3n) is 2.71. The maximum Gasteiger partial charge on any atom is 0.309 e. The second-order valence-electron chi connectivity index (χ2n) is 3.55. The molecule has 0 radical (unpaired) electrons. The van der Waals surface area contributed by atoms with Crippen molar-refractivity contribution in [2.75, 3.05) is 26.9 Å². The first-order chi connectivity index (χ1) is 7.20. The van der Waals surface area contributed by atoms with Crippen molar-refractivity contribution in [1.82, 2.24) is 0 Å². The zero-order chi connectivity index (χ0) is 11.3. The average molecular weight is 216 g/mol. The lowest BCUT2D eigenvalue weighted by Gasteiger charge is -2.19. The van der Waals surface area contributed by atoms with E-state index in [2.05, 4.69) is 4.74 Å². The van der Waals surface area contributed by atoms with Crippen molar-refractivity contribution >= 4 is 11.8 Å². The highest BCUT2D eigenvalue weighted by molar-refractivity contribution is 5.87. The zero-order valence-corrected chi connectivity index (χ0v) is 8.77. The maximum absolute atomic E-state index is 11.4. The molecule has 0 aliphatic carbocycles. The number of esters is 1. The summed E-state index contributed by atoms with van der Waals surface area (Å²) in [7, 11) is 1.30. The van der Waals surface area contributed by atoms with Crippen LogP contribution in [0.3, 0.4) is 0 Å². The molecule has 5 nitrogen and oxygen atoms in total. The van der Waals surface area contributed by atoms with Crippen LogP contribution in [0.2, 0.25) is 0 Å². The molecule has 1 fully saturated rings. The first-order valence-corrected chi connectivity index (χ1v) is 4.99. The van der Waals surface area contributed by atoms with Gasteiger partial charge in [-0.3, -0.25) is 9.59 Å². The third kappa shape index (κ3) is 3.00. The molecule has 1 heterocycles. The van der Waals surface area contributed by atoms with Crippen molar-refractivity contribution in [1.29, 1.82) is 0 Å². The molecule has 5 heteroatoms. The molecule has 0 spiro atoms. The molecule has 0 aromatic carbocycles. The minimum Gasteiger partial charge on any atom is -0.469 e. The number of carbonyl (C=O) groups excluding carboxylic acids is 2. The van der Waals surface area contributed by atoms with Gasteiger partial charge in [-0.25, -0.2) is 0 Å². The number of ketones is 1. The Balaban J connectivity index is 2.75. The van der Waals surface area contributed by atoms with Gasteiger partial charge in [-0.2, -0.15) is 0 Å². The van der Waals surface area contributed by atoms with Crippen LogP contribution in [-0.2, 0) is 19.1 Å². The quantitative estimate of drug-likeness (QED) is 0.659. The molecule has 1 saturated heterocycles. The van der Waals surface area contributed by atoms with E-state index in [9.17, 15) is 9.59 Å². The minimum absolute atomic E-state index is 0.309. The van der Waals surface area contributed by atoms with Gasteiger partial charge in [0, 0.05) is 19.1 Å². The molecule has 1 aliphatic heterocycles. The summed E-state index contributed by atoms with van der Waals surface area (Å²) in [5.41, 5.74) is 0. The van der Waals surface area contributed by atoms with Gasteiger partial charge >= 0.3 is 5.97 Å². The predicted octanol–water partition coefficient (Wildman–Crippen LogP) is -0.236.